The average Bonchev–Trinajstić information content (AvgIpc) is 2.75. The molecule has 2 atom stereocenters. The number of aromatic nitrogens is 3. The molecule has 1 fully saturated rings. The van der Waals surface area contributed by atoms with Crippen molar-refractivity contribution in [1.29, 1.82) is 5.26 Å². The van der Waals surface area contributed by atoms with Gasteiger partial charge in [0.05, 0.1) is 6.07 Å². The van der Waals surface area contributed by atoms with Gasteiger partial charge < -0.3 is 4.57 Å². The minimum atomic E-state index is -0.372. The number of nitriles is 1. The molecule has 2 unspecified atom stereocenters. The summed E-state index contributed by atoms with van der Waals surface area (Å²) in [5.41, 5.74) is -0.372. The van der Waals surface area contributed by atoms with Crippen LogP contribution in [0.25, 0.3) is 0 Å². The van der Waals surface area contributed by atoms with Crippen molar-refractivity contribution >= 4 is 11.8 Å². The molecule has 1 aromatic rings. The predicted octanol–water partition coefficient (Wildman–Crippen LogP) is 2.11. The third-order valence-corrected chi connectivity index (χ3v) is 4.74. The van der Waals surface area contributed by atoms with Gasteiger partial charge in [-0.15, -0.1) is 10.2 Å². The molecule has 2 rings (SSSR count). The highest BCUT2D eigenvalue weighted by molar-refractivity contribution is 7.99. The van der Waals surface area contributed by atoms with Crippen LogP contribution in [0.5, 0.6) is 0 Å². The van der Waals surface area contributed by atoms with Gasteiger partial charge in [-0.2, -0.15) is 5.26 Å². The maximum absolute atomic E-state index is 9.53. The highest BCUT2D eigenvalue weighted by Crippen LogP contribution is 2.37. The molecule has 1 saturated carbocycles. The number of rotatable bonds is 4. The average molecular weight is 279 g/mol. The highest BCUT2D eigenvalue weighted by atomic mass is 32.2. The van der Waals surface area contributed by atoms with E-state index in [9.17, 15) is 5.26 Å². The molecule has 0 spiro atoms. The zero-order valence-electron chi connectivity index (χ0n) is 11.8. The summed E-state index contributed by atoms with van der Waals surface area (Å²) in [6, 6.07) is 2.84. The van der Waals surface area contributed by atoms with E-state index in [1.165, 1.54) is 0 Å². The summed E-state index contributed by atoms with van der Waals surface area (Å²) in [6.45, 7) is 4.19. The molecule has 1 aliphatic carbocycles. The van der Waals surface area contributed by atoms with Gasteiger partial charge in [-0.1, -0.05) is 11.8 Å². The second-order valence-corrected chi connectivity index (χ2v) is 6.82. The first kappa shape index (κ1) is 14.4. The Morgan fingerprint density at radius 3 is 3.00 bits per heavy atom. The number of thioether (sulfide) groups is 1. The van der Waals surface area contributed by atoms with Crippen molar-refractivity contribution in [2.24, 2.45) is 7.05 Å². The lowest BCUT2D eigenvalue weighted by Gasteiger charge is -2.37. The van der Waals surface area contributed by atoms with E-state index in [-0.39, 0.29) is 5.54 Å². The Kier molecular flexibility index (Phi) is 4.48. The smallest absolute Gasteiger partial charge is 0.191 e. The Labute approximate surface area is 118 Å². The van der Waals surface area contributed by atoms with Crippen LogP contribution in [0.2, 0.25) is 0 Å². The zero-order valence-corrected chi connectivity index (χ0v) is 12.6. The molecule has 0 bridgehead atoms. The molecule has 0 aliphatic heterocycles. The largest absolute Gasteiger partial charge is 0.312 e. The van der Waals surface area contributed by atoms with Crippen molar-refractivity contribution in [3.8, 4) is 6.07 Å². The SMILES string of the molecule is CC(C)NC1(C#N)CCCC(Sc2nncn2C)C1. The van der Waals surface area contributed by atoms with Crippen LogP contribution in [-0.2, 0) is 7.05 Å². The van der Waals surface area contributed by atoms with Crippen molar-refractivity contribution in [3.63, 3.8) is 0 Å². The number of hydrogen-bond donors (Lipinski definition) is 1. The van der Waals surface area contributed by atoms with Gasteiger partial charge in [0.15, 0.2) is 5.16 Å². The molecule has 0 amide bonds. The first-order valence-corrected chi connectivity index (χ1v) is 7.62. The Balaban J connectivity index is 2.04. The monoisotopic (exact) mass is 279 g/mol. The summed E-state index contributed by atoms with van der Waals surface area (Å²) in [5.74, 6) is 0. The Bertz CT molecular complexity index is 464. The van der Waals surface area contributed by atoms with Gasteiger partial charge in [0.2, 0.25) is 0 Å². The third kappa shape index (κ3) is 3.48. The van der Waals surface area contributed by atoms with Crippen LogP contribution in [0.15, 0.2) is 11.5 Å². The third-order valence-electron chi connectivity index (χ3n) is 3.43. The van der Waals surface area contributed by atoms with Crippen molar-refractivity contribution in [3.05, 3.63) is 6.33 Å². The van der Waals surface area contributed by atoms with Crippen molar-refractivity contribution in [2.45, 2.75) is 61.5 Å². The van der Waals surface area contributed by atoms with Gasteiger partial charge in [0.1, 0.15) is 11.9 Å². The molecular formula is C13H21N5S. The summed E-state index contributed by atoms with van der Waals surface area (Å²) < 4.78 is 1.93. The predicted molar refractivity (Wildman–Crippen MR) is 75.7 cm³/mol. The second-order valence-electron chi connectivity index (χ2n) is 5.55. The lowest BCUT2D eigenvalue weighted by atomic mass is 9.82. The fraction of sp³-hybridized carbons (Fsp3) is 0.769. The van der Waals surface area contributed by atoms with E-state index in [4.69, 9.17) is 0 Å². The van der Waals surface area contributed by atoms with Gasteiger partial charge in [0, 0.05) is 18.3 Å². The van der Waals surface area contributed by atoms with Gasteiger partial charge >= 0.3 is 0 Å². The lowest BCUT2D eigenvalue weighted by molar-refractivity contribution is 0.284. The molecule has 1 aliphatic rings. The van der Waals surface area contributed by atoms with Crippen LogP contribution in [0.1, 0.15) is 39.5 Å². The molecule has 6 heteroatoms. The van der Waals surface area contributed by atoms with Crippen LogP contribution in [0.3, 0.4) is 0 Å². The number of aryl methyl sites for hydroxylation is 1. The van der Waals surface area contributed by atoms with E-state index in [0.717, 1.165) is 30.8 Å². The molecule has 0 radical (unpaired) electrons. The first-order valence-electron chi connectivity index (χ1n) is 6.74. The van der Waals surface area contributed by atoms with Gasteiger partial charge in [0.25, 0.3) is 0 Å². The summed E-state index contributed by atoms with van der Waals surface area (Å²) in [5, 5.41) is 22.4. The minimum absolute atomic E-state index is 0.332. The number of nitrogens with one attached hydrogen (secondary N) is 1. The summed E-state index contributed by atoms with van der Waals surface area (Å²) in [7, 11) is 1.95. The van der Waals surface area contributed by atoms with Crippen LogP contribution < -0.4 is 5.32 Å². The van der Waals surface area contributed by atoms with Gasteiger partial charge in [-0.05, 0) is 39.5 Å². The van der Waals surface area contributed by atoms with Crippen molar-refractivity contribution in [2.75, 3.05) is 0 Å². The quantitative estimate of drug-likeness (QED) is 0.914. The summed E-state index contributed by atoms with van der Waals surface area (Å²) >= 11 is 1.74. The van der Waals surface area contributed by atoms with Crippen LogP contribution in [0.4, 0.5) is 0 Å². The maximum Gasteiger partial charge on any atom is 0.191 e. The Hall–Kier alpha value is -1.06. The van der Waals surface area contributed by atoms with E-state index >= 15 is 0 Å². The Morgan fingerprint density at radius 2 is 2.42 bits per heavy atom. The van der Waals surface area contributed by atoms with E-state index < -0.39 is 0 Å². The lowest BCUT2D eigenvalue weighted by Crippen LogP contribution is -2.51. The van der Waals surface area contributed by atoms with E-state index in [1.54, 1.807) is 18.1 Å². The maximum atomic E-state index is 9.53. The molecule has 0 aromatic carbocycles. The molecule has 1 aromatic heterocycles. The van der Waals surface area contributed by atoms with Crippen LogP contribution in [-0.4, -0.2) is 31.6 Å². The molecule has 104 valence electrons. The highest BCUT2D eigenvalue weighted by Gasteiger charge is 2.37. The Morgan fingerprint density at radius 1 is 1.63 bits per heavy atom. The van der Waals surface area contributed by atoms with Gasteiger partial charge in [-0.3, -0.25) is 5.32 Å². The fourth-order valence-corrected chi connectivity index (χ4v) is 3.93. The molecule has 5 nitrogen and oxygen atoms in total. The summed E-state index contributed by atoms with van der Waals surface area (Å²) in [4.78, 5) is 0. The van der Waals surface area contributed by atoms with E-state index in [2.05, 4.69) is 35.4 Å². The molecule has 1 heterocycles. The first-order chi connectivity index (χ1) is 9.04. The minimum Gasteiger partial charge on any atom is -0.312 e. The van der Waals surface area contributed by atoms with E-state index in [1.807, 2.05) is 11.6 Å². The molecule has 0 saturated heterocycles. The van der Waals surface area contributed by atoms with Crippen molar-refractivity contribution < 1.29 is 0 Å². The van der Waals surface area contributed by atoms with Gasteiger partial charge in [-0.25, -0.2) is 0 Å². The van der Waals surface area contributed by atoms with Crippen LogP contribution in [0, 0.1) is 11.3 Å². The van der Waals surface area contributed by atoms with Crippen molar-refractivity contribution in [1.82, 2.24) is 20.1 Å². The standard InChI is InChI=1S/C13H21N5S/c1-10(2)16-13(8-14)6-4-5-11(7-13)19-12-17-15-9-18(12)3/h9-11,16H,4-7H2,1-3H3. The molecule has 1 N–H and O–H groups in total. The summed E-state index contributed by atoms with van der Waals surface area (Å²) in [6.07, 6.45) is 5.76. The number of hydrogen-bond acceptors (Lipinski definition) is 5. The second kappa shape index (κ2) is 5.93. The molecule has 19 heavy (non-hydrogen) atoms. The zero-order chi connectivity index (χ0) is 13.9. The fourth-order valence-electron chi connectivity index (χ4n) is 2.67. The number of nitrogens with zero attached hydrogens (tertiary/aromatic N) is 4. The molecular weight excluding hydrogens is 258 g/mol. The topological polar surface area (TPSA) is 66.5 Å². The van der Waals surface area contributed by atoms with Crippen LogP contribution >= 0.6 is 11.8 Å². The normalized spacial score (nSPS) is 27.4. The van der Waals surface area contributed by atoms with E-state index in [0.29, 0.717) is 11.3 Å².